The van der Waals surface area contributed by atoms with E-state index in [1.54, 1.807) is 0 Å². The third-order valence-electron chi connectivity index (χ3n) is 22.5. The molecule has 0 saturated heterocycles. The zero-order valence-corrected chi connectivity index (χ0v) is 63.1. The van der Waals surface area contributed by atoms with Crippen LogP contribution in [0, 0.1) is 0 Å². The zero-order valence-electron chi connectivity index (χ0n) is 63.1. The zero-order chi connectivity index (χ0) is 72.1. The molecule has 0 spiro atoms. The lowest BCUT2D eigenvalue weighted by Crippen LogP contribution is -2.61. The molecule has 17 rings (SSSR count). The highest BCUT2D eigenvalue weighted by molar-refractivity contribution is 7.00. The number of nitrogens with zero attached hydrogens (tertiary/aromatic N) is 3. The van der Waals surface area contributed by atoms with Crippen molar-refractivity contribution in [1.29, 1.82) is 0 Å². The lowest BCUT2D eigenvalue weighted by molar-refractivity contribution is 0.569. The van der Waals surface area contributed by atoms with E-state index >= 15 is 0 Å². The molecule has 0 fully saturated rings. The van der Waals surface area contributed by atoms with Crippen LogP contribution in [0.5, 0.6) is 0 Å². The van der Waals surface area contributed by atoms with Crippen LogP contribution in [0.15, 0.2) is 285 Å². The van der Waals surface area contributed by atoms with Gasteiger partial charge in [0.25, 0.3) is 6.71 Å². The second-order valence-corrected chi connectivity index (χ2v) is 34.6. The van der Waals surface area contributed by atoms with Crippen LogP contribution in [0.25, 0.3) is 105 Å². The molecule has 1 aromatic heterocycles. The first-order valence-corrected chi connectivity index (χ1v) is 37.4. The molecule has 3 heterocycles. The predicted molar refractivity (Wildman–Crippen MR) is 450 cm³/mol. The van der Waals surface area contributed by atoms with E-state index in [9.17, 15) is 0 Å². The second-order valence-electron chi connectivity index (χ2n) is 34.6. The fourth-order valence-corrected chi connectivity index (χ4v) is 16.7. The van der Waals surface area contributed by atoms with E-state index < -0.39 is 0 Å². The standard InChI is InChI=1S/C100H92BN3/c1-96(2,3)69-46-51-87-83(58-69)84-59-70(97(4,5)6)47-52-88(84)102(87)74-48-49-85-90(62-74)104(94-76(63-31-19-16-20-32-63)41-29-42-77(94)64-33-21-17-22-34-64)92-61-73(100(13,14)15)60-91-93(92)101(85)86-56-66(68-53-71(98(7,8)9)57-72(54-68)99(10,11)12)45-50-89(86)103(91)95-78(65-35-23-18-24-36-65)43-30-44-81(95)82-55-67-37-25-26-38-75(67)79-39-27-28-40-80(79)82/h16-62H,1-15H3. The first-order chi connectivity index (χ1) is 49.8. The van der Waals surface area contributed by atoms with Gasteiger partial charge in [0.05, 0.1) is 22.4 Å². The molecular formula is C100H92BN3. The predicted octanol–water partition coefficient (Wildman–Crippen LogP) is 26.0. The number of anilines is 6. The van der Waals surface area contributed by atoms with Gasteiger partial charge in [-0.3, -0.25) is 0 Å². The van der Waals surface area contributed by atoms with Gasteiger partial charge in [-0.2, -0.15) is 0 Å². The Morgan fingerprint density at radius 3 is 1.19 bits per heavy atom. The minimum atomic E-state index is -0.314. The van der Waals surface area contributed by atoms with Gasteiger partial charge in [0.15, 0.2) is 0 Å². The number of hydrogen-bond donors (Lipinski definition) is 0. The first kappa shape index (κ1) is 66.3. The Kier molecular flexibility index (Phi) is 15.5. The molecule has 0 atom stereocenters. The summed E-state index contributed by atoms with van der Waals surface area (Å²) >= 11 is 0. The Balaban J connectivity index is 1.05. The molecule has 0 bridgehead atoms. The Hall–Kier alpha value is -10.9. The van der Waals surface area contributed by atoms with Gasteiger partial charge in [0.2, 0.25) is 0 Å². The third-order valence-corrected chi connectivity index (χ3v) is 22.5. The van der Waals surface area contributed by atoms with Crippen LogP contribution in [0.2, 0.25) is 0 Å². The van der Waals surface area contributed by atoms with Crippen molar-refractivity contribution in [1.82, 2.24) is 4.57 Å². The van der Waals surface area contributed by atoms with Crippen LogP contribution < -0.4 is 26.2 Å². The summed E-state index contributed by atoms with van der Waals surface area (Å²) < 4.78 is 2.57. The van der Waals surface area contributed by atoms with E-state index in [0.29, 0.717) is 0 Å². The first-order valence-electron chi connectivity index (χ1n) is 37.4. The van der Waals surface area contributed by atoms with Crippen LogP contribution in [-0.4, -0.2) is 11.3 Å². The van der Waals surface area contributed by atoms with Crippen molar-refractivity contribution >= 4 is 101 Å². The largest absolute Gasteiger partial charge is 0.310 e. The molecule has 2 aliphatic rings. The van der Waals surface area contributed by atoms with Gasteiger partial charge >= 0.3 is 0 Å². The second kappa shape index (κ2) is 24.4. The number of benzene rings is 14. The average molecular weight is 1350 g/mol. The maximum absolute atomic E-state index is 2.73. The van der Waals surface area contributed by atoms with Crippen molar-refractivity contribution in [2.24, 2.45) is 0 Å². The van der Waals surface area contributed by atoms with Gasteiger partial charge in [0.1, 0.15) is 0 Å². The number of rotatable bonds is 8. The maximum atomic E-state index is 2.73. The summed E-state index contributed by atoms with van der Waals surface area (Å²) in [6, 6.07) is 110. The molecule has 0 amide bonds. The van der Waals surface area contributed by atoms with Crippen molar-refractivity contribution in [3.63, 3.8) is 0 Å². The van der Waals surface area contributed by atoms with Gasteiger partial charge in [-0.1, -0.05) is 328 Å². The van der Waals surface area contributed by atoms with E-state index in [0.717, 1.165) is 67.5 Å². The highest BCUT2D eigenvalue weighted by atomic mass is 15.2. The summed E-state index contributed by atoms with van der Waals surface area (Å²) in [6.07, 6.45) is 0. The lowest BCUT2D eigenvalue weighted by atomic mass is 9.33. The van der Waals surface area contributed by atoms with Crippen LogP contribution in [-0.2, 0) is 27.1 Å². The monoisotopic (exact) mass is 1350 g/mol. The molecule has 2 aliphatic heterocycles. The molecular weight excluding hydrogens is 1250 g/mol. The van der Waals surface area contributed by atoms with Crippen LogP contribution in [0.3, 0.4) is 0 Å². The highest BCUT2D eigenvalue weighted by Crippen LogP contribution is 2.55. The molecule has 510 valence electrons. The van der Waals surface area contributed by atoms with Gasteiger partial charge in [0, 0.05) is 61.5 Å². The molecule has 104 heavy (non-hydrogen) atoms. The molecule has 0 aliphatic carbocycles. The minimum absolute atomic E-state index is 0.0522. The topological polar surface area (TPSA) is 11.4 Å². The molecule has 3 nitrogen and oxygen atoms in total. The van der Waals surface area contributed by atoms with E-state index in [2.05, 4.69) is 403 Å². The highest BCUT2D eigenvalue weighted by Gasteiger charge is 2.46. The normalized spacial score (nSPS) is 13.3. The van der Waals surface area contributed by atoms with Crippen LogP contribution in [0.1, 0.15) is 132 Å². The summed E-state index contributed by atoms with van der Waals surface area (Å²) in [5.74, 6) is 0. The fraction of sp³-hybridized carbons (Fsp3) is 0.200. The minimum Gasteiger partial charge on any atom is -0.310 e. The van der Waals surface area contributed by atoms with Crippen LogP contribution in [0.4, 0.5) is 34.1 Å². The summed E-state index contributed by atoms with van der Waals surface area (Å²) in [5, 5.41) is 7.45. The fourth-order valence-electron chi connectivity index (χ4n) is 16.7. The number of aromatic nitrogens is 1. The quantitative estimate of drug-likeness (QED) is 0.111. The van der Waals surface area contributed by atoms with Gasteiger partial charge in [-0.05, 0) is 187 Å². The van der Waals surface area contributed by atoms with Crippen molar-refractivity contribution in [3.05, 3.63) is 313 Å². The molecule has 0 unspecified atom stereocenters. The van der Waals surface area contributed by atoms with Crippen LogP contribution >= 0.6 is 0 Å². The maximum Gasteiger partial charge on any atom is 0.252 e. The number of hydrogen-bond acceptors (Lipinski definition) is 2. The van der Waals surface area contributed by atoms with E-state index in [4.69, 9.17) is 0 Å². The van der Waals surface area contributed by atoms with E-state index in [-0.39, 0.29) is 33.8 Å². The van der Waals surface area contributed by atoms with Crippen molar-refractivity contribution < 1.29 is 0 Å². The SMILES string of the molecule is CC(C)(C)c1cc(-c2ccc3c(c2)B2c4ccc(-n5c6ccc(C(C)(C)C)cc6c6cc(C(C)(C)C)ccc65)cc4N(c4c(-c5ccccc5)cccc4-c4ccccc4)c4cc(C(C)(C)C)cc(c42)N3c2c(-c3ccccc3)cccc2-c2cc3ccccc3c3ccccc23)cc(C(C)(C)C)c1. The summed E-state index contributed by atoms with van der Waals surface area (Å²) in [7, 11) is 0. The van der Waals surface area contributed by atoms with Gasteiger partial charge in [-0.15, -0.1) is 0 Å². The molecule has 0 saturated carbocycles. The molecule has 0 radical (unpaired) electrons. The van der Waals surface area contributed by atoms with Crippen molar-refractivity contribution in [3.8, 4) is 61.3 Å². The molecule has 4 heteroatoms. The molecule has 15 aromatic rings. The van der Waals surface area contributed by atoms with Crippen molar-refractivity contribution in [2.45, 2.75) is 131 Å². The van der Waals surface area contributed by atoms with E-state index in [1.807, 2.05) is 0 Å². The number of para-hydroxylation sites is 2. The Morgan fingerprint density at radius 1 is 0.240 bits per heavy atom. The summed E-state index contributed by atoms with van der Waals surface area (Å²) in [4.78, 5) is 5.46. The van der Waals surface area contributed by atoms with E-state index in [1.165, 1.54) is 115 Å². The van der Waals surface area contributed by atoms with Gasteiger partial charge < -0.3 is 14.4 Å². The Bertz CT molecular complexity index is 5780. The van der Waals surface area contributed by atoms with Gasteiger partial charge in [-0.25, -0.2) is 0 Å². The summed E-state index contributed by atoms with van der Waals surface area (Å²) in [6.45, 7) is 35.1. The lowest BCUT2D eigenvalue weighted by Gasteiger charge is -2.46. The Morgan fingerprint density at radius 2 is 0.683 bits per heavy atom. The average Bonchev–Trinajstić information content (AvgIpc) is 0.728. The molecule has 14 aromatic carbocycles. The number of fused-ring (bicyclic) bond motifs is 10. The summed E-state index contributed by atoms with van der Waals surface area (Å²) in [5.41, 5.74) is 31.8. The smallest absolute Gasteiger partial charge is 0.252 e. The third kappa shape index (κ3) is 11.2. The molecule has 0 N–H and O–H groups in total. The van der Waals surface area contributed by atoms with Crippen molar-refractivity contribution in [2.75, 3.05) is 9.80 Å². The Labute approximate surface area is 616 Å².